The van der Waals surface area contributed by atoms with Gasteiger partial charge < -0.3 is 19.3 Å². The molecule has 0 aromatic heterocycles. The number of ether oxygens (including phenoxy) is 3. The van der Waals surface area contributed by atoms with E-state index in [0.717, 1.165) is 39.1 Å². The minimum Gasteiger partial charge on any atom is -0.464 e. The second-order valence-electron chi connectivity index (χ2n) is 31.5. The predicted octanol–water partition coefficient (Wildman–Crippen LogP) is 17.8. The van der Waals surface area contributed by atoms with Gasteiger partial charge in [-0.3, -0.25) is 9.59 Å². The summed E-state index contributed by atoms with van der Waals surface area (Å²) in [5.41, 5.74) is 13.7. The first-order valence-corrected chi connectivity index (χ1v) is 27.8. The molecule has 0 saturated carbocycles. The lowest BCUT2D eigenvalue weighted by molar-refractivity contribution is -0.143. The predicted molar refractivity (Wildman–Crippen MR) is 317 cm³/mol. The summed E-state index contributed by atoms with van der Waals surface area (Å²) in [4.78, 5) is 27.4. The largest absolute Gasteiger partial charge is 0.464 e. The Morgan fingerprint density at radius 2 is 0.573 bits per heavy atom. The lowest BCUT2D eigenvalue weighted by Gasteiger charge is -2.34. The van der Waals surface area contributed by atoms with E-state index in [1.54, 1.807) is 0 Å². The Bertz CT molecular complexity index is 2520. The van der Waals surface area contributed by atoms with Gasteiger partial charge in [0.15, 0.2) is 0 Å². The molecular formula is C69H104O6. The van der Waals surface area contributed by atoms with E-state index in [9.17, 15) is 14.7 Å². The highest BCUT2D eigenvalue weighted by Gasteiger charge is 2.37. The fourth-order valence-corrected chi connectivity index (χ4v) is 9.64. The molecule has 0 spiro atoms. The van der Waals surface area contributed by atoms with Gasteiger partial charge in [-0.1, -0.05) is 182 Å². The van der Waals surface area contributed by atoms with Gasteiger partial charge in [0.05, 0.1) is 10.8 Å². The maximum atomic E-state index is 13.7. The van der Waals surface area contributed by atoms with Crippen molar-refractivity contribution < 1.29 is 28.9 Å². The van der Waals surface area contributed by atoms with Crippen molar-refractivity contribution in [1.82, 2.24) is 0 Å². The van der Waals surface area contributed by atoms with Crippen molar-refractivity contribution in [3.8, 4) is 17.2 Å². The quantitative estimate of drug-likeness (QED) is 0.0968. The number of aliphatic hydroxyl groups is 1. The third-order valence-electron chi connectivity index (χ3n) is 14.7. The van der Waals surface area contributed by atoms with Gasteiger partial charge in [-0.05, 0) is 164 Å². The molecule has 4 aromatic rings. The molecule has 0 aliphatic heterocycles. The van der Waals surface area contributed by atoms with Crippen molar-refractivity contribution in [2.75, 3.05) is 0 Å². The number of esters is 2. The monoisotopic (exact) mass is 1030 g/mol. The Kier molecular flexibility index (Phi) is 17.7. The Morgan fingerprint density at radius 3 is 0.747 bits per heavy atom. The number of carbonyl (C=O) groups is 2. The molecule has 0 heterocycles. The summed E-state index contributed by atoms with van der Waals surface area (Å²) in [5.74, 6) is 1.62. The van der Waals surface area contributed by atoms with Crippen molar-refractivity contribution in [3.63, 3.8) is 0 Å². The second kappa shape index (κ2) is 21.1. The van der Waals surface area contributed by atoms with Crippen LogP contribution < -0.4 is 14.2 Å². The molecule has 1 N–H and O–H groups in total. The highest BCUT2D eigenvalue weighted by atomic mass is 16.6. The Balaban J connectivity index is 2.21. The van der Waals surface area contributed by atoms with Gasteiger partial charge >= 0.3 is 11.9 Å². The summed E-state index contributed by atoms with van der Waals surface area (Å²) in [6, 6.07) is 13.8. The average molecular weight is 1030 g/mol. The number of carbonyl (C=O) groups excluding carboxylic acids is 2. The second-order valence-corrected chi connectivity index (χ2v) is 31.5. The van der Waals surface area contributed by atoms with Crippen LogP contribution in [0.3, 0.4) is 0 Å². The van der Waals surface area contributed by atoms with E-state index in [2.05, 4.69) is 182 Å². The van der Waals surface area contributed by atoms with Gasteiger partial charge in [0.1, 0.15) is 17.2 Å². The van der Waals surface area contributed by atoms with Gasteiger partial charge in [0.2, 0.25) is 6.29 Å². The molecule has 0 amide bonds. The molecule has 6 heteroatoms. The summed E-state index contributed by atoms with van der Waals surface area (Å²) in [6.07, 6.45) is 1.05. The molecule has 1 atom stereocenters. The van der Waals surface area contributed by atoms with Gasteiger partial charge in [-0.2, -0.15) is 0 Å². The minimum atomic E-state index is -0.994. The summed E-state index contributed by atoms with van der Waals surface area (Å²) in [6.45, 7) is 64.2. The standard InChI is InChI=1S/C69H104O6/c1-40-46(31-43-34-49(61(4,5)6)55(50(35-43)62(7,8)9)73-58(70)67(22,23)24)41(2)48(33-45-38-53(65(16,17)18)57(54(39-45)66(19,20)21)75-60(72)69(28,29)30)42(3)47(40)32-44-36-51(63(10,11)12)56(52(37-44)64(13,14)15)74-59(71)68(25,26)27/h34-39,58,70H,31-33H2,1-30H3. The molecule has 75 heavy (non-hydrogen) atoms. The van der Waals surface area contributed by atoms with Gasteiger partial charge in [-0.25, -0.2) is 0 Å². The van der Waals surface area contributed by atoms with Gasteiger partial charge in [0, 0.05) is 38.8 Å². The molecule has 0 saturated heterocycles. The molecule has 4 aromatic carbocycles. The molecule has 1 unspecified atom stereocenters. The molecule has 0 aliphatic rings. The van der Waals surface area contributed by atoms with E-state index in [1.807, 2.05) is 62.3 Å². The zero-order chi connectivity index (χ0) is 58.1. The summed E-state index contributed by atoms with van der Waals surface area (Å²) in [5, 5.41) is 11.5. The summed E-state index contributed by atoms with van der Waals surface area (Å²) in [7, 11) is 0. The molecule has 0 bridgehead atoms. The molecular weight excluding hydrogens is 925 g/mol. The van der Waals surface area contributed by atoms with Crippen LogP contribution in [-0.2, 0) is 61.3 Å². The molecule has 0 fully saturated rings. The molecule has 4 rings (SSSR count). The number of hydrogen-bond donors (Lipinski definition) is 1. The number of benzene rings is 4. The Morgan fingerprint density at radius 1 is 0.373 bits per heavy atom. The Labute approximate surface area is 457 Å². The van der Waals surface area contributed by atoms with Crippen molar-refractivity contribution in [3.05, 3.63) is 120 Å². The number of rotatable bonds is 10. The highest BCUT2D eigenvalue weighted by Crippen LogP contribution is 2.47. The minimum absolute atomic E-state index is 0.246. The van der Waals surface area contributed by atoms with Crippen molar-refractivity contribution in [2.45, 2.75) is 266 Å². The van der Waals surface area contributed by atoms with E-state index >= 15 is 0 Å². The number of aliphatic hydroxyl groups excluding tert-OH is 1. The topological polar surface area (TPSA) is 82.1 Å². The average Bonchev–Trinajstić information content (AvgIpc) is 3.20. The van der Waals surface area contributed by atoms with Crippen LogP contribution in [0.15, 0.2) is 36.4 Å². The maximum Gasteiger partial charge on any atom is 0.316 e. The summed E-state index contributed by atoms with van der Waals surface area (Å²) < 4.78 is 19.6. The zero-order valence-electron chi connectivity index (χ0n) is 53.2. The summed E-state index contributed by atoms with van der Waals surface area (Å²) >= 11 is 0. The van der Waals surface area contributed by atoms with Gasteiger partial charge in [0.25, 0.3) is 0 Å². The third kappa shape index (κ3) is 15.0. The zero-order valence-corrected chi connectivity index (χ0v) is 53.2. The van der Waals surface area contributed by atoms with Crippen LogP contribution in [0.1, 0.15) is 270 Å². The fourth-order valence-electron chi connectivity index (χ4n) is 9.64. The first-order chi connectivity index (χ1) is 33.4. The maximum absolute atomic E-state index is 13.7. The van der Waals surface area contributed by atoms with Crippen LogP contribution in [0.2, 0.25) is 0 Å². The number of hydrogen-bond acceptors (Lipinski definition) is 6. The van der Waals surface area contributed by atoms with E-state index in [1.165, 1.54) is 50.1 Å². The Hall–Kier alpha value is -4.42. The van der Waals surface area contributed by atoms with Crippen molar-refractivity contribution >= 4 is 11.9 Å². The lowest BCUT2D eigenvalue weighted by atomic mass is 9.75. The lowest BCUT2D eigenvalue weighted by Crippen LogP contribution is -2.33. The first kappa shape index (κ1) is 63.1. The smallest absolute Gasteiger partial charge is 0.316 e. The van der Waals surface area contributed by atoms with Crippen LogP contribution in [0.25, 0.3) is 0 Å². The molecule has 416 valence electrons. The molecule has 6 nitrogen and oxygen atoms in total. The fraction of sp³-hybridized carbons (Fsp3) is 0.623. The van der Waals surface area contributed by atoms with E-state index in [0.29, 0.717) is 30.8 Å². The molecule has 0 aliphatic carbocycles. The van der Waals surface area contributed by atoms with Crippen molar-refractivity contribution in [2.24, 2.45) is 16.2 Å². The van der Waals surface area contributed by atoms with E-state index in [4.69, 9.17) is 14.2 Å². The normalized spacial score (nSPS) is 14.0. The first-order valence-electron chi connectivity index (χ1n) is 27.8. The van der Waals surface area contributed by atoms with Crippen LogP contribution in [0.5, 0.6) is 17.2 Å². The van der Waals surface area contributed by atoms with Crippen LogP contribution >= 0.6 is 0 Å². The third-order valence-corrected chi connectivity index (χ3v) is 14.7. The molecule has 0 radical (unpaired) electrons. The van der Waals surface area contributed by atoms with Crippen LogP contribution in [-0.4, -0.2) is 23.3 Å². The van der Waals surface area contributed by atoms with E-state index < -0.39 is 22.5 Å². The van der Waals surface area contributed by atoms with Crippen LogP contribution in [0, 0.1) is 37.0 Å². The highest BCUT2D eigenvalue weighted by molar-refractivity contribution is 5.80. The van der Waals surface area contributed by atoms with Gasteiger partial charge in [-0.15, -0.1) is 0 Å². The van der Waals surface area contributed by atoms with Crippen LogP contribution in [0.4, 0.5) is 0 Å². The van der Waals surface area contributed by atoms with E-state index in [-0.39, 0.29) is 44.4 Å². The van der Waals surface area contributed by atoms with Crippen molar-refractivity contribution in [1.29, 1.82) is 0 Å². The SMILES string of the molecule is Cc1c(Cc2cc(C(C)(C)C)c(OC(=O)C(C)(C)C)c(C(C)(C)C)c2)c(C)c(Cc2cc(C(C)(C)C)c(OC(O)C(C)(C)C)c(C(C)(C)C)c2)c(C)c1Cc1cc(C(C)(C)C)c(OC(=O)C(C)(C)C)c(C(C)(C)C)c1.